The third kappa shape index (κ3) is 3.89. The molecule has 0 unspecified atom stereocenters. The molecule has 0 aliphatic rings. The highest BCUT2D eigenvalue weighted by Gasteiger charge is 2.32. The fourth-order valence-electron chi connectivity index (χ4n) is 0.819. The summed E-state index contributed by atoms with van der Waals surface area (Å²) in [6.45, 7) is -2.16. The topological polar surface area (TPSA) is 122 Å². The SMILES string of the molecule is O=NN(CCCl)C(=O)NC(CO)(CO)CO. The highest BCUT2D eigenvalue weighted by Crippen LogP contribution is 2.03. The van der Waals surface area contributed by atoms with E-state index in [1.165, 1.54) is 0 Å². The summed E-state index contributed by atoms with van der Waals surface area (Å²) >= 11 is 5.32. The van der Waals surface area contributed by atoms with E-state index in [0.717, 1.165) is 0 Å². The molecule has 0 spiro atoms. The van der Waals surface area contributed by atoms with Crippen molar-refractivity contribution in [2.45, 2.75) is 5.54 Å². The minimum atomic E-state index is -1.59. The zero-order chi connectivity index (χ0) is 12.6. The zero-order valence-corrected chi connectivity index (χ0v) is 9.22. The number of amides is 2. The lowest BCUT2D eigenvalue weighted by Crippen LogP contribution is -2.59. The largest absolute Gasteiger partial charge is 0.394 e. The summed E-state index contributed by atoms with van der Waals surface area (Å²) in [5.74, 6) is 0.00351. The molecule has 0 heterocycles. The first-order chi connectivity index (χ1) is 7.59. The van der Waals surface area contributed by atoms with Gasteiger partial charge >= 0.3 is 6.03 Å². The van der Waals surface area contributed by atoms with Crippen LogP contribution in [0, 0.1) is 4.91 Å². The van der Waals surface area contributed by atoms with Crippen LogP contribution in [0.4, 0.5) is 4.79 Å². The van der Waals surface area contributed by atoms with E-state index in [0.29, 0.717) is 5.01 Å². The number of carbonyl (C=O) groups is 1. The summed E-state index contributed by atoms with van der Waals surface area (Å²) in [4.78, 5) is 21.6. The van der Waals surface area contributed by atoms with E-state index in [1.807, 2.05) is 0 Å². The Hall–Kier alpha value is -0.960. The molecule has 2 amide bonds. The molecule has 8 nitrogen and oxygen atoms in total. The molecular formula is C7H14ClN3O5. The first kappa shape index (κ1) is 15.0. The van der Waals surface area contributed by atoms with Crippen LogP contribution in [0.3, 0.4) is 0 Å². The number of aliphatic hydroxyl groups excluding tert-OH is 3. The van der Waals surface area contributed by atoms with Crippen molar-refractivity contribution in [2.24, 2.45) is 5.29 Å². The van der Waals surface area contributed by atoms with Gasteiger partial charge in [-0.15, -0.1) is 16.5 Å². The molecule has 94 valence electrons. The number of carbonyl (C=O) groups excluding carboxylic acids is 1. The molecule has 0 saturated carbocycles. The van der Waals surface area contributed by atoms with Crippen molar-refractivity contribution >= 4 is 17.6 Å². The standard InChI is InChI=1S/C7H14ClN3O5/c8-1-2-11(10-16)6(15)9-7(3-12,4-13)5-14/h12-14H,1-5H2,(H,9,15). The number of nitroso groups, excluding NO2 is 1. The molecule has 0 radical (unpaired) electrons. The molecule has 0 aromatic carbocycles. The van der Waals surface area contributed by atoms with E-state index >= 15 is 0 Å². The maximum absolute atomic E-state index is 11.4. The van der Waals surface area contributed by atoms with E-state index in [9.17, 15) is 9.70 Å². The molecule has 0 rings (SSSR count). The minimum absolute atomic E-state index is 0.00351. The average molecular weight is 256 g/mol. The van der Waals surface area contributed by atoms with E-state index in [2.05, 4.69) is 10.6 Å². The quantitative estimate of drug-likeness (QED) is 0.254. The number of urea groups is 1. The monoisotopic (exact) mass is 255 g/mol. The van der Waals surface area contributed by atoms with Crippen molar-refractivity contribution in [3.8, 4) is 0 Å². The lowest BCUT2D eigenvalue weighted by atomic mass is 10.0. The predicted octanol–water partition coefficient (Wildman–Crippen LogP) is -1.37. The molecule has 0 aromatic heterocycles. The average Bonchev–Trinajstić information content (AvgIpc) is 2.33. The summed E-state index contributed by atoms with van der Waals surface area (Å²) < 4.78 is 0. The third-order valence-electron chi connectivity index (χ3n) is 1.91. The number of hydrogen-bond acceptors (Lipinski definition) is 6. The lowest BCUT2D eigenvalue weighted by molar-refractivity contribution is 0.0451. The Balaban J connectivity index is 4.55. The molecule has 0 bridgehead atoms. The zero-order valence-electron chi connectivity index (χ0n) is 8.47. The Labute approximate surface area is 96.8 Å². The molecule has 0 saturated heterocycles. The smallest absolute Gasteiger partial charge is 0.341 e. The van der Waals surface area contributed by atoms with E-state index in [4.69, 9.17) is 26.9 Å². The second-order valence-electron chi connectivity index (χ2n) is 3.08. The van der Waals surface area contributed by atoms with Crippen molar-refractivity contribution < 1.29 is 20.1 Å². The molecule has 0 fully saturated rings. The number of halogens is 1. The van der Waals surface area contributed by atoms with Crippen LogP contribution in [-0.4, -0.2) is 64.1 Å². The van der Waals surface area contributed by atoms with Crippen molar-refractivity contribution in [3.05, 3.63) is 4.91 Å². The number of nitrogens with one attached hydrogen (secondary N) is 1. The van der Waals surface area contributed by atoms with Gasteiger partial charge in [0, 0.05) is 5.88 Å². The van der Waals surface area contributed by atoms with Crippen molar-refractivity contribution in [3.63, 3.8) is 0 Å². The fourth-order valence-corrected chi connectivity index (χ4v) is 0.980. The number of hydrogen-bond donors (Lipinski definition) is 4. The number of rotatable bonds is 7. The van der Waals surface area contributed by atoms with Gasteiger partial charge in [0.25, 0.3) is 0 Å². The van der Waals surface area contributed by atoms with Crippen LogP contribution < -0.4 is 5.32 Å². The van der Waals surface area contributed by atoms with Gasteiger partial charge in [-0.1, -0.05) is 0 Å². The fraction of sp³-hybridized carbons (Fsp3) is 0.857. The summed E-state index contributed by atoms with van der Waals surface area (Å²) in [7, 11) is 0. The van der Waals surface area contributed by atoms with Gasteiger partial charge in [-0.3, -0.25) is 0 Å². The van der Waals surface area contributed by atoms with Crippen LogP contribution in [0.15, 0.2) is 5.29 Å². The van der Waals surface area contributed by atoms with Crippen LogP contribution in [0.1, 0.15) is 0 Å². The number of aliphatic hydroxyl groups is 3. The van der Waals surface area contributed by atoms with Gasteiger partial charge < -0.3 is 20.6 Å². The van der Waals surface area contributed by atoms with E-state index < -0.39 is 31.4 Å². The van der Waals surface area contributed by atoms with Gasteiger partial charge in [-0.25, -0.2) is 4.79 Å². The first-order valence-corrected chi connectivity index (χ1v) is 4.94. The van der Waals surface area contributed by atoms with Crippen molar-refractivity contribution in [2.75, 3.05) is 32.2 Å². The van der Waals surface area contributed by atoms with Crippen LogP contribution in [0.25, 0.3) is 0 Å². The van der Waals surface area contributed by atoms with Gasteiger partial charge in [0.15, 0.2) is 0 Å². The third-order valence-corrected chi connectivity index (χ3v) is 2.08. The first-order valence-electron chi connectivity index (χ1n) is 4.40. The Morgan fingerprint density at radius 1 is 1.31 bits per heavy atom. The van der Waals surface area contributed by atoms with Gasteiger partial charge in [0.2, 0.25) is 0 Å². The molecular weight excluding hydrogens is 242 g/mol. The van der Waals surface area contributed by atoms with E-state index in [1.54, 1.807) is 0 Å². The Kier molecular flexibility index (Phi) is 6.90. The molecule has 0 aromatic rings. The van der Waals surface area contributed by atoms with Crippen LogP contribution in [0.2, 0.25) is 0 Å². The van der Waals surface area contributed by atoms with Gasteiger partial charge in [0.1, 0.15) is 5.54 Å². The van der Waals surface area contributed by atoms with Gasteiger partial charge in [-0.05, 0) is 0 Å². The van der Waals surface area contributed by atoms with Crippen LogP contribution in [-0.2, 0) is 0 Å². The summed E-state index contributed by atoms with van der Waals surface area (Å²) in [5, 5.41) is 31.8. The van der Waals surface area contributed by atoms with Gasteiger partial charge in [0.05, 0.1) is 31.7 Å². The Bertz CT molecular complexity index is 228. The maximum Gasteiger partial charge on any atom is 0.341 e. The maximum atomic E-state index is 11.4. The van der Waals surface area contributed by atoms with Crippen molar-refractivity contribution in [1.82, 2.24) is 10.3 Å². The second kappa shape index (κ2) is 7.34. The highest BCUT2D eigenvalue weighted by molar-refractivity contribution is 6.18. The lowest BCUT2D eigenvalue weighted by Gasteiger charge is -2.29. The van der Waals surface area contributed by atoms with Crippen LogP contribution in [0.5, 0.6) is 0 Å². The minimum Gasteiger partial charge on any atom is -0.394 e. The molecule has 0 aliphatic heterocycles. The second-order valence-corrected chi connectivity index (χ2v) is 3.46. The Morgan fingerprint density at radius 3 is 2.12 bits per heavy atom. The number of alkyl halides is 1. The summed E-state index contributed by atoms with van der Waals surface area (Å²) in [6.07, 6.45) is 0. The summed E-state index contributed by atoms with van der Waals surface area (Å²) in [6, 6.07) is -0.951. The number of nitrogens with zero attached hydrogens (tertiary/aromatic N) is 2. The molecule has 9 heteroatoms. The molecule has 0 aliphatic carbocycles. The van der Waals surface area contributed by atoms with Gasteiger partial charge in [-0.2, -0.15) is 5.01 Å². The van der Waals surface area contributed by atoms with Crippen molar-refractivity contribution in [1.29, 1.82) is 0 Å². The molecule has 16 heavy (non-hydrogen) atoms. The van der Waals surface area contributed by atoms with E-state index in [-0.39, 0.29) is 12.4 Å². The molecule has 4 N–H and O–H groups in total. The van der Waals surface area contributed by atoms with Crippen LogP contribution >= 0.6 is 11.6 Å². The predicted molar refractivity (Wildman–Crippen MR) is 55.7 cm³/mol. The molecule has 0 atom stereocenters. The highest BCUT2D eigenvalue weighted by atomic mass is 35.5. The summed E-state index contributed by atoms with van der Waals surface area (Å²) in [5.41, 5.74) is -1.59. The Morgan fingerprint density at radius 2 is 1.81 bits per heavy atom. The normalized spacial score (nSPS) is 11.0.